The number of carbonyl (C=O) groups is 1. The molecule has 2 aliphatic carbocycles. The number of carbonyl (C=O) groups excluding carboxylic acids is 1. The SMILES string of the molecule is Cc1ccc2c(c1)[C@@]13C[C@@H]1CNC3=CC2=O. The Labute approximate surface area is 94.4 Å². The molecule has 1 aromatic rings. The number of ketones is 1. The minimum atomic E-state index is 0.163. The number of hydrogen-bond acceptors (Lipinski definition) is 2. The number of nitrogens with one attached hydrogen (secondary N) is 1. The van der Waals surface area contributed by atoms with Crippen molar-refractivity contribution in [1.82, 2.24) is 5.32 Å². The smallest absolute Gasteiger partial charge is 0.187 e. The second kappa shape index (κ2) is 2.40. The van der Waals surface area contributed by atoms with E-state index in [9.17, 15) is 4.79 Å². The minimum absolute atomic E-state index is 0.163. The number of fused-ring (bicyclic) bond motifs is 1. The van der Waals surface area contributed by atoms with Gasteiger partial charge in [-0.3, -0.25) is 4.79 Å². The van der Waals surface area contributed by atoms with Gasteiger partial charge in [-0.25, -0.2) is 0 Å². The van der Waals surface area contributed by atoms with Crippen LogP contribution in [0.25, 0.3) is 0 Å². The predicted molar refractivity (Wildman–Crippen MR) is 61.4 cm³/mol. The Morgan fingerprint density at radius 2 is 2.31 bits per heavy atom. The molecule has 0 aromatic heterocycles. The van der Waals surface area contributed by atoms with Crippen LogP contribution in [0.2, 0.25) is 0 Å². The first-order valence-corrected chi connectivity index (χ1v) is 5.83. The zero-order valence-corrected chi connectivity index (χ0v) is 9.21. The van der Waals surface area contributed by atoms with Crippen LogP contribution in [0.3, 0.4) is 0 Å². The first kappa shape index (κ1) is 8.57. The maximum Gasteiger partial charge on any atom is 0.187 e. The maximum absolute atomic E-state index is 12.0. The molecule has 0 unspecified atom stereocenters. The molecular formula is C14H13NO. The third kappa shape index (κ3) is 0.787. The number of piperidine rings is 1. The van der Waals surface area contributed by atoms with Crippen molar-refractivity contribution in [2.75, 3.05) is 6.54 Å². The Hall–Kier alpha value is -1.57. The van der Waals surface area contributed by atoms with Crippen LogP contribution in [0.1, 0.15) is 27.9 Å². The molecule has 2 heteroatoms. The first-order valence-electron chi connectivity index (χ1n) is 5.83. The van der Waals surface area contributed by atoms with E-state index in [0.29, 0.717) is 5.92 Å². The fourth-order valence-corrected chi connectivity index (χ4v) is 3.40. The van der Waals surface area contributed by atoms with Crippen molar-refractivity contribution in [3.8, 4) is 0 Å². The van der Waals surface area contributed by atoms with Gasteiger partial charge in [0.2, 0.25) is 0 Å². The molecule has 1 spiro atoms. The van der Waals surface area contributed by atoms with Gasteiger partial charge in [0, 0.05) is 29.3 Å². The number of allylic oxidation sites excluding steroid dienone is 2. The Balaban J connectivity index is 2.03. The summed E-state index contributed by atoms with van der Waals surface area (Å²) in [5.74, 6) is 0.878. The fraction of sp³-hybridized carbons (Fsp3) is 0.357. The van der Waals surface area contributed by atoms with E-state index in [1.807, 2.05) is 18.2 Å². The van der Waals surface area contributed by atoms with Crippen molar-refractivity contribution in [3.63, 3.8) is 0 Å². The molecule has 80 valence electrons. The molecular weight excluding hydrogens is 198 g/mol. The fourth-order valence-electron chi connectivity index (χ4n) is 3.40. The highest BCUT2D eigenvalue weighted by Gasteiger charge is 2.63. The molecule has 1 aliphatic heterocycles. The van der Waals surface area contributed by atoms with Gasteiger partial charge in [0.05, 0.1) is 0 Å². The van der Waals surface area contributed by atoms with Gasteiger partial charge in [-0.2, -0.15) is 0 Å². The second-order valence-corrected chi connectivity index (χ2v) is 5.22. The van der Waals surface area contributed by atoms with E-state index in [0.717, 1.165) is 12.1 Å². The van der Waals surface area contributed by atoms with Gasteiger partial charge in [-0.05, 0) is 24.8 Å². The molecule has 0 amide bonds. The highest BCUT2D eigenvalue weighted by atomic mass is 16.1. The summed E-state index contributed by atoms with van der Waals surface area (Å²) in [4.78, 5) is 12.0. The topological polar surface area (TPSA) is 29.1 Å². The van der Waals surface area contributed by atoms with Crippen LogP contribution in [-0.2, 0) is 5.41 Å². The van der Waals surface area contributed by atoms with Gasteiger partial charge in [-0.1, -0.05) is 23.8 Å². The van der Waals surface area contributed by atoms with Crippen LogP contribution < -0.4 is 5.32 Å². The molecule has 1 heterocycles. The number of rotatable bonds is 0. The average Bonchev–Trinajstić information content (AvgIpc) is 2.89. The molecule has 2 nitrogen and oxygen atoms in total. The van der Waals surface area contributed by atoms with Crippen molar-refractivity contribution in [1.29, 1.82) is 0 Å². The largest absolute Gasteiger partial charge is 0.387 e. The Morgan fingerprint density at radius 3 is 3.12 bits per heavy atom. The van der Waals surface area contributed by atoms with Crippen LogP contribution in [0.15, 0.2) is 30.0 Å². The zero-order valence-electron chi connectivity index (χ0n) is 9.21. The first-order chi connectivity index (χ1) is 7.72. The summed E-state index contributed by atoms with van der Waals surface area (Å²) in [7, 11) is 0. The molecule has 0 radical (unpaired) electrons. The standard InChI is InChI=1S/C14H13NO/c1-8-2-3-10-11(4-8)14-6-9(14)7-15-13(14)5-12(10)16/h2-5,9,15H,6-7H2,1H3/t9-,14-/m1/s1. The van der Waals surface area contributed by atoms with E-state index in [-0.39, 0.29) is 11.2 Å². The van der Waals surface area contributed by atoms with Gasteiger partial charge in [0.25, 0.3) is 0 Å². The molecule has 1 saturated carbocycles. The Bertz CT molecular complexity index is 558. The molecule has 2 fully saturated rings. The number of benzene rings is 1. The Morgan fingerprint density at radius 1 is 1.44 bits per heavy atom. The summed E-state index contributed by atoms with van der Waals surface area (Å²) in [6.07, 6.45) is 3.03. The minimum Gasteiger partial charge on any atom is -0.387 e. The van der Waals surface area contributed by atoms with Crippen molar-refractivity contribution in [2.24, 2.45) is 5.92 Å². The molecule has 2 atom stereocenters. The van der Waals surface area contributed by atoms with E-state index in [2.05, 4.69) is 18.3 Å². The quantitative estimate of drug-likeness (QED) is 0.710. The summed E-state index contributed by atoms with van der Waals surface area (Å²) in [5, 5.41) is 3.38. The van der Waals surface area contributed by atoms with Crippen molar-refractivity contribution >= 4 is 5.78 Å². The summed E-state index contributed by atoms with van der Waals surface area (Å²) in [6, 6.07) is 6.22. The lowest BCUT2D eigenvalue weighted by molar-refractivity contribution is 0.104. The zero-order chi connectivity index (χ0) is 10.9. The van der Waals surface area contributed by atoms with Crippen molar-refractivity contribution < 1.29 is 4.79 Å². The Kier molecular flexibility index (Phi) is 1.28. The van der Waals surface area contributed by atoms with Crippen molar-refractivity contribution in [3.05, 3.63) is 46.7 Å². The predicted octanol–water partition coefficient (Wildman–Crippen LogP) is 1.94. The van der Waals surface area contributed by atoms with Crippen LogP contribution in [0.5, 0.6) is 0 Å². The third-order valence-electron chi connectivity index (χ3n) is 4.32. The maximum atomic E-state index is 12.0. The molecule has 0 bridgehead atoms. The summed E-state index contributed by atoms with van der Waals surface area (Å²) >= 11 is 0. The van der Waals surface area contributed by atoms with Crippen LogP contribution >= 0.6 is 0 Å². The summed E-state index contributed by atoms with van der Waals surface area (Å²) in [6.45, 7) is 3.13. The average molecular weight is 211 g/mol. The molecule has 3 aliphatic rings. The van der Waals surface area contributed by atoms with Gasteiger partial charge in [-0.15, -0.1) is 0 Å². The number of aryl methyl sites for hydroxylation is 1. The molecule has 1 N–H and O–H groups in total. The molecule has 16 heavy (non-hydrogen) atoms. The number of hydrogen-bond donors (Lipinski definition) is 1. The van der Waals surface area contributed by atoms with E-state index < -0.39 is 0 Å². The van der Waals surface area contributed by atoms with Crippen LogP contribution in [0, 0.1) is 12.8 Å². The summed E-state index contributed by atoms with van der Waals surface area (Å²) in [5.41, 5.74) is 4.79. The normalized spacial score (nSPS) is 33.4. The van der Waals surface area contributed by atoms with Crippen LogP contribution in [0.4, 0.5) is 0 Å². The molecule has 4 rings (SSSR count). The van der Waals surface area contributed by atoms with E-state index in [4.69, 9.17) is 0 Å². The van der Waals surface area contributed by atoms with Gasteiger partial charge < -0.3 is 5.32 Å². The van der Waals surface area contributed by atoms with Gasteiger partial charge >= 0.3 is 0 Å². The summed E-state index contributed by atoms with van der Waals surface area (Å²) < 4.78 is 0. The van der Waals surface area contributed by atoms with E-state index in [1.165, 1.54) is 23.2 Å². The highest BCUT2D eigenvalue weighted by Crippen LogP contribution is 2.63. The molecule has 1 saturated heterocycles. The van der Waals surface area contributed by atoms with Gasteiger partial charge in [0.15, 0.2) is 5.78 Å². The van der Waals surface area contributed by atoms with Crippen LogP contribution in [-0.4, -0.2) is 12.3 Å². The van der Waals surface area contributed by atoms with E-state index in [1.54, 1.807) is 0 Å². The third-order valence-corrected chi connectivity index (χ3v) is 4.32. The highest BCUT2D eigenvalue weighted by molar-refractivity contribution is 6.08. The lowest BCUT2D eigenvalue weighted by Crippen LogP contribution is -2.25. The van der Waals surface area contributed by atoms with Crippen molar-refractivity contribution in [2.45, 2.75) is 18.8 Å². The lowest BCUT2D eigenvalue weighted by atomic mass is 9.81. The van der Waals surface area contributed by atoms with Gasteiger partial charge in [0.1, 0.15) is 0 Å². The lowest BCUT2D eigenvalue weighted by Gasteiger charge is -2.24. The van der Waals surface area contributed by atoms with E-state index >= 15 is 0 Å². The monoisotopic (exact) mass is 211 g/mol. The second-order valence-electron chi connectivity index (χ2n) is 5.22. The molecule has 1 aromatic carbocycles.